The van der Waals surface area contributed by atoms with E-state index in [1.165, 1.54) is 35.1 Å². The molecular formula is C26H24FN5O4. The van der Waals surface area contributed by atoms with Gasteiger partial charge in [-0.25, -0.2) is 19.0 Å². The average molecular weight is 490 g/mol. The highest BCUT2D eigenvalue weighted by Crippen LogP contribution is 2.19. The van der Waals surface area contributed by atoms with Crippen molar-refractivity contribution < 1.29 is 19.0 Å². The van der Waals surface area contributed by atoms with E-state index in [-0.39, 0.29) is 36.3 Å². The number of aliphatic hydroxyl groups excluding tert-OH is 1. The monoisotopic (exact) mass is 489 g/mol. The second-order valence-electron chi connectivity index (χ2n) is 7.77. The topological polar surface area (TPSA) is 119 Å². The van der Waals surface area contributed by atoms with Crippen molar-refractivity contribution in [2.45, 2.75) is 13.3 Å². The fourth-order valence-electron chi connectivity index (χ4n) is 3.53. The van der Waals surface area contributed by atoms with Crippen molar-refractivity contribution in [2.24, 2.45) is 0 Å². The molecule has 0 unspecified atom stereocenters. The number of nitrogens with zero attached hydrogens (tertiary/aromatic N) is 4. The third kappa shape index (κ3) is 5.78. The van der Waals surface area contributed by atoms with E-state index >= 15 is 0 Å². The highest BCUT2D eigenvalue weighted by atomic mass is 19.1. The minimum atomic E-state index is -0.743. The molecule has 0 aliphatic heterocycles. The number of aromatic nitrogens is 4. The molecule has 0 fully saturated rings. The largest absolute Gasteiger partial charge is 0.491 e. The zero-order valence-electron chi connectivity index (χ0n) is 19.5. The Kier molecular flexibility index (Phi) is 7.76. The number of amides is 1. The molecule has 2 heterocycles. The third-order valence-corrected chi connectivity index (χ3v) is 5.24. The average Bonchev–Trinajstić information content (AvgIpc) is 2.89. The van der Waals surface area contributed by atoms with Gasteiger partial charge in [0.05, 0.1) is 36.9 Å². The molecule has 0 bridgehead atoms. The summed E-state index contributed by atoms with van der Waals surface area (Å²) in [5.41, 5.74) is 1.83. The van der Waals surface area contributed by atoms with Crippen LogP contribution in [-0.2, 0) is 6.42 Å². The van der Waals surface area contributed by atoms with Crippen molar-refractivity contribution in [2.75, 3.05) is 19.8 Å². The van der Waals surface area contributed by atoms with Crippen LogP contribution in [0.15, 0.2) is 71.9 Å². The molecule has 1 amide bonds. The highest BCUT2D eigenvalue weighted by Gasteiger charge is 2.13. The summed E-state index contributed by atoms with van der Waals surface area (Å²) in [5.74, 6) is -0.259. The molecule has 10 heteroatoms. The van der Waals surface area contributed by atoms with Gasteiger partial charge >= 0.3 is 0 Å². The van der Waals surface area contributed by atoms with Crippen LogP contribution in [0.5, 0.6) is 5.75 Å². The van der Waals surface area contributed by atoms with Crippen LogP contribution in [0.3, 0.4) is 0 Å². The number of nitrogens with one attached hydrogen (secondary N) is 1. The molecule has 2 aromatic carbocycles. The maximum absolute atomic E-state index is 14.6. The van der Waals surface area contributed by atoms with Gasteiger partial charge in [-0.15, -0.1) is 0 Å². The first kappa shape index (κ1) is 24.7. The number of benzene rings is 2. The first-order chi connectivity index (χ1) is 17.5. The fourth-order valence-corrected chi connectivity index (χ4v) is 3.53. The predicted octanol–water partition coefficient (Wildman–Crippen LogP) is 2.54. The predicted molar refractivity (Wildman–Crippen MR) is 131 cm³/mol. The summed E-state index contributed by atoms with van der Waals surface area (Å²) in [4.78, 5) is 33.2. The number of hydrogen-bond donors (Lipinski definition) is 2. The molecule has 0 aliphatic rings. The van der Waals surface area contributed by atoms with Crippen LogP contribution in [0.2, 0.25) is 0 Å². The summed E-state index contributed by atoms with van der Waals surface area (Å²) >= 11 is 0. The van der Waals surface area contributed by atoms with Gasteiger partial charge in [0.15, 0.2) is 11.6 Å². The van der Waals surface area contributed by atoms with E-state index in [0.717, 1.165) is 11.1 Å². The molecule has 0 aliphatic carbocycles. The maximum Gasteiger partial charge on any atom is 0.254 e. The van der Waals surface area contributed by atoms with E-state index in [2.05, 4.69) is 20.4 Å². The Morgan fingerprint density at radius 1 is 1.14 bits per heavy atom. The Bertz CT molecular complexity index is 1420. The lowest BCUT2D eigenvalue weighted by molar-refractivity contribution is 0.0940. The van der Waals surface area contributed by atoms with Gasteiger partial charge in [-0.3, -0.25) is 9.59 Å². The minimum absolute atomic E-state index is 0.0244. The SMILES string of the molecule is CCOc1cnc(-c2cccc(Cc3nn(-c4ccc(C(=O)NCCO)c(F)c4)ccc3=O)c2)nc1. The van der Waals surface area contributed by atoms with Crippen molar-refractivity contribution in [3.8, 4) is 22.8 Å². The van der Waals surface area contributed by atoms with Gasteiger partial charge in [-0.2, -0.15) is 5.10 Å². The highest BCUT2D eigenvalue weighted by molar-refractivity contribution is 5.94. The number of carbonyl (C=O) groups is 1. The minimum Gasteiger partial charge on any atom is -0.491 e. The van der Waals surface area contributed by atoms with Gasteiger partial charge < -0.3 is 15.2 Å². The number of carbonyl (C=O) groups excluding carboxylic acids is 1. The summed E-state index contributed by atoms with van der Waals surface area (Å²) < 4.78 is 21.3. The molecule has 0 saturated heterocycles. The molecule has 0 atom stereocenters. The van der Waals surface area contributed by atoms with Gasteiger partial charge in [-0.05, 0) is 30.7 Å². The van der Waals surface area contributed by atoms with Crippen LogP contribution in [0.4, 0.5) is 4.39 Å². The van der Waals surface area contributed by atoms with E-state index in [1.807, 2.05) is 31.2 Å². The molecule has 4 rings (SSSR count). The molecular weight excluding hydrogens is 465 g/mol. The first-order valence-electron chi connectivity index (χ1n) is 11.3. The number of halogens is 1. The van der Waals surface area contributed by atoms with Crippen LogP contribution >= 0.6 is 0 Å². The summed E-state index contributed by atoms with van der Waals surface area (Å²) in [6.07, 6.45) is 4.90. The molecule has 36 heavy (non-hydrogen) atoms. The Hall–Kier alpha value is -4.44. The van der Waals surface area contributed by atoms with E-state index in [1.54, 1.807) is 12.4 Å². The van der Waals surface area contributed by atoms with E-state index in [9.17, 15) is 14.0 Å². The lowest BCUT2D eigenvalue weighted by atomic mass is 10.1. The van der Waals surface area contributed by atoms with Crippen molar-refractivity contribution >= 4 is 5.91 Å². The Morgan fingerprint density at radius 3 is 2.67 bits per heavy atom. The van der Waals surface area contributed by atoms with Crippen LogP contribution in [0.25, 0.3) is 17.1 Å². The molecule has 4 aromatic rings. The van der Waals surface area contributed by atoms with Gasteiger partial charge in [0, 0.05) is 36.9 Å². The smallest absolute Gasteiger partial charge is 0.254 e. The quantitative estimate of drug-likeness (QED) is 0.371. The number of ether oxygens (including phenoxy) is 1. The standard InChI is InChI=1S/C26H24FN5O4/c1-2-36-20-15-29-25(30-16-20)18-5-3-4-17(12-18)13-23-24(34)8-10-32(31-23)19-6-7-21(22(27)14-19)26(35)28-9-11-33/h3-8,10,12,14-16,33H,2,9,11,13H2,1H3,(H,28,35). The van der Waals surface area contributed by atoms with Crippen molar-refractivity contribution in [1.82, 2.24) is 25.1 Å². The zero-order chi connectivity index (χ0) is 25.5. The Labute approximate surface area is 206 Å². The van der Waals surface area contributed by atoms with E-state index in [0.29, 0.717) is 23.9 Å². The van der Waals surface area contributed by atoms with Crippen LogP contribution in [0.1, 0.15) is 28.5 Å². The maximum atomic E-state index is 14.6. The molecule has 9 nitrogen and oxygen atoms in total. The summed E-state index contributed by atoms with van der Waals surface area (Å²) in [5, 5.41) is 15.6. The lowest BCUT2D eigenvalue weighted by Crippen LogP contribution is -2.27. The normalized spacial score (nSPS) is 10.8. The van der Waals surface area contributed by atoms with Gasteiger partial charge in [0.2, 0.25) is 5.43 Å². The van der Waals surface area contributed by atoms with Crippen molar-refractivity contribution in [3.05, 3.63) is 100.0 Å². The van der Waals surface area contributed by atoms with Gasteiger partial charge in [0.1, 0.15) is 11.5 Å². The first-order valence-corrected chi connectivity index (χ1v) is 11.3. The van der Waals surface area contributed by atoms with E-state index in [4.69, 9.17) is 9.84 Å². The van der Waals surface area contributed by atoms with Crippen LogP contribution < -0.4 is 15.5 Å². The molecule has 2 N–H and O–H groups in total. The molecule has 2 aromatic heterocycles. The molecule has 0 spiro atoms. The summed E-state index contributed by atoms with van der Waals surface area (Å²) in [6.45, 7) is 2.19. The van der Waals surface area contributed by atoms with Gasteiger partial charge in [-0.1, -0.05) is 18.2 Å². The van der Waals surface area contributed by atoms with E-state index < -0.39 is 11.7 Å². The fraction of sp³-hybridized carbons (Fsp3) is 0.192. The second kappa shape index (κ2) is 11.3. The van der Waals surface area contributed by atoms with Crippen LogP contribution in [0, 0.1) is 5.82 Å². The summed E-state index contributed by atoms with van der Waals surface area (Å²) in [6, 6.07) is 12.9. The molecule has 184 valence electrons. The van der Waals surface area contributed by atoms with Crippen molar-refractivity contribution in [3.63, 3.8) is 0 Å². The molecule has 0 saturated carbocycles. The summed E-state index contributed by atoms with van der Waals surface area (Å²) in [7, 11) is 0. The lowest BCUT2D eigenvalue weighted by Gasteiger charge is -2.10. The number of aliphatic hydroxyl groups is 1. The Balaban J connectivity index is 1.56. The number of hydrogen-bond acceptors (Lipinski definition) is 7. The van der Waals surface area contributed by atoms with Crippen molar-refractivity contribution in [1.29, 1.82) is 0 Å². The van der Waals surface area contributed by atoms with Gasteiger partial charge in [0.25, 0.3) is 5.91 Å². The number of rotatable bonds is 9. The molecule has 0 radical (unpaired) electrons. The van der Waals surface area contributed by atoms with Crippen LogP contribution in [-0.4, -0.2) is 50.5 Å². The third-order valence-electron chi connectivity index (χ3n) is 5.24. The zero-order valence-corrected chi connectivity index (χ0v) is 19.5. The Morgan fingerprint density at radius 2 is 1.94 bits per heavy atom. The second-order valence-corrected chi connectivity index (χ2v) is 7.77.